The molecule has 0 radical (unpaired) electrons. The van der Waals surface area contributed by atoms with Crippen molar-refractivity contribution in [2.24, 2.45) is 5.92 Å². The van der Waals surface area contributed by atoms with Crippen molar-refractivity contribution < 1.29 is 0 Å². The van der Waals surface area contributed by atoms with Crippen molar-refractivity contribution in [3.05, 3.63) is 64.8 Å². The van der Waals surface area contributed by atoms with Crippen molar-refractivity contribution in [2.75, 3.05) is 0 Å². The third-order valence-electron chi connectivity index (χ3n) is 6.43. The van der Waals surface area contributed by atoms with Gasteiger partial charge in [0.05, 0.1) is 16.6 Å². The molecule has 4 aromatic rings. The lowest BCUT2D eigenvalue weighted by atomic mass is 9.85. The molecule has 0 N–H and O–H groups in total. The SMILES string of the molecule is CCc1nn2c(ncc3c(=O)n([C@H]4CCCC[C@@H]4C)ccc32)c1-c1ccccc1. The van der Waals surface area contributed by atoms with Gasteiger partial charge in [0.15, 0.2) is 5.65 Å². The number of benzene rings is 1. The molecule has 2 atom stereocenters. The fourth-order valence-electron chi connectivity index (χ4n) is 4.85. The number of hydrogen-bond acceptors (Lipinski definition) is 3. The fraction of sp³-hybridized carbons (Fsp3) is 0.375. The fourth-order valence-corrected chi connectivity index (χ4v) is 4.85. The van der Waals surface area contributed by atoms with E-state index in [-0.39, 0.29) is 11.6 Å². The van der Waals surface area contributed by atoms with Gasteiger partial charge in [0.1, 0.15) is 0 Å². The van der Waals surface area contributed by atoms with E-state index in [0.717, 1.165) is 40.8 Å². The van der Waals surface area contributed by atoms with E-state index >= 15 is 0 Å². The van der Waals surface area contributed by atoms with Crippen LogP contribution >= 0.6 is 0 Å². The molecule has 5 heteroatoms. The molecule has 1 saturated carbocycles. The highest BCUT2D eigenvalue weighted by Crippen LogP contribution is 2.33. The van der Waals surface area contributed by atoms with E-state index in [0.29, 0.717) is 11.3 Å². The minimum atomic E-state index is 0.0467. The minimum absolute atomic E-state index is 0.0467. The first-order valence-electron chi connectivity index (χ1n) is 10.7. The number of rotatable bonds is 3. The highest BCUT2D eigenvalue weighted by atomic mass is 16.1. The Kier molecular flexibility index (Phi) is 4.46. The Labute approximate surface area is 170 Å². The number of nitrogens with zero attached hydrogens (tertiary/aromatic N) is 4. The molecule has 1 aliphatic rings. The van der Waals surface area contributed by atoms with Crippen molar-refractivity contribution >= 4 is 16.6 Å². The van der Waals surface area contributed by atoms with E-state index in [1.54, 1.807) is 6.20 Å². The van der Waals surface area contributed by atoms with Crippen LogP contribution in [0.3, 0.4) is 0 Å². The van der Waals surface area contributed by atoms with Gasteiger partial charge in [0, 0.05) is 24.0 Å². The Hall–Kier alpha value is -2.95. The molecule has 0 amide bonds. The first-order valence-corrected chi connectivity index (χ1v) is 10.7. The molecule has 1 aliphatic carbocycles. The second-order valence-electron chi connectivity index (χ2n) is 8.19. The summed E-state index contributed by atoms with van der Waals surface area (Å²) in [5.74, 6) is 0.525. The molecule has 0 saturated heterocycles. The lowest BCUT2D eigenvalue weighted by molar-refractivity contribution is 0.253. The van der Waals surface area contributed by atoms with Gasteiger partial charge in [-0.2, -0.15) is 5.10 Å². The summed E-state index contributed by atoms with van der Waals surface area (Å²) in [5.41, 5.74) is 4.85. The molecule has 5 nitrogen and oxygen atoms in total. The first-order chi connectivity index (χ1) is 14.2. The molecule has 29 heavy (non-hydrogen) atoms. The average molecular weight is 386 g/mol. The summed E-state index contributed by atoms with van der Waals surface area (Å²) in [5, 5.41) is 5.48. The largest absolute Gasteiger partial charge is 0.312 e. The molecule has 1 fully saturated rings. The summed E-state index contributed by atoms with van der Waals surface area (Å²) >= 11 is 0. The highest BCUT2D eigenvalue weighted by molar-refractivity contribution is 5.86. The molecule has 0 bridgehead atoms. The summed E-state index contributed by atoms with van der Waals surface area (Å²) in [6, 6.07) is 12.6. The average Bonchev–Trinajstić information content (AvgIpc) is 3.14. The van der Waals surface area contributed by atoms with E-state index < -0.39 is 0 Å². The lowest BCUT2D eigenvalue weighted by Gasteiger charge is -2.30. The summed E-state index contributed by atoms with van der Waals surface area (Å²) < 4.78 is 3.79. The van der Waals surface area contributed by atoms with Crippen molar-refractivity contribution in [1.29, 1.82) is 0 Å². The predicted molar refractivity (Wildman–Crippen MR) is 116 cm³/mol. The lowest BCUT2D eigenvalue weighted by Crippen LogP contribution is -2.30. The van der Waals surface area contributed by atoms with Crippen molar-refractivity contribution in [2.45, 2.75) is 52.0 Å². The van der Waals surface area contributed by atoms with Crippen LogP contribution in [-0.2, 0) is 6.42 Å². The maximum atomic E-state index is 13.3. The van der Waals surface area contributed by atoms with E-state index in [2.05, 4.69) is 26.0 Å². The van der Waals surface area contributed by atoms with Crippen molar-refractivity contribution in [1.82, 2.24) is 19.2 Å². The maximum Gasteiger partial charge on any atom is 0.261 e. The number of pyridine rings is 1. The van der Waals surface area contributed by atoms with Gasteiger partial charge in [-0.15, -0.1) is 0 Å². The van der Waals surface area contributed by atoms with Crippen LogP contribution in [0.5, 0.6) is 0 Å². The molecule has 0 aliphatic heterocycles. The third kappa shape index (κ3) is 2.87. The van der Waals surface area contributed by atoms with Gasteiger partial charge in [-0.3, -0.25) is 4.79 Å². The van der Waals surface area contributed by atoms with Crippen LogP contribution < -0.4 is 5.56 Å². The number of aryl methyl sites for hydroxylation is 1. The van der Waals surface area contributed by atoms with Gasteiger partial charge < -0.3 is 4.57 Å². The van der Waals surface area contributed by atoms with Gasteiger partial charge >= 0.3 is 0 Å². The number of fused-ring (bicyclic) bond motifs is 3. The Morgan fingerprint density at radius 3 is 2.66 bits per heavy atom. The van der Waals surface area contributed by atoms with E-state index in [4.69, 9.17) is 10.1 Å². The van der Waals surface area contributed by atoms with Crippen LogP contribution in [0.1, 0.15) is 51.3 Å². The third-order valence-corrected chi connectivity index (χ3v) is 6.43. The van der Waals surface area contributed by atoms with Crippen molar-refractivity contribution in [3.63, 3.8) is 0 Å². The van der Waals surface area contributed by atoms with Crippen LogP contribution in [0.25, 0.3) is 27.7 Å². The summed E-state index contributed by atoms with van der Waals surface area (Å²) in [6.07, 6.45) is 9.23. The standard InChI is InChI=1S/C24H26N4O/c1-3-19-22(17-10-5-4-6-11-17)23-25-15-18-21(28(23)26-19)13-14-27(24(18)29)20-12-8-7-9-16(20)2/h4-6,10-11,13-16,20H,3,7-9,12H2,1-2H3/t16-,20-/m0/s1. The van der Waals surface area contributed by atoms with E-state index in [1.807, 2.05) is 39.5 Å². The van der Waals surface area contributed by atoms with Gasteiger partial charge in [-0.25, -0.2) is 9.50 Å². The smallest absolute Gasteiger partial charge is 0.261 e. The topological polar surface area (TPSA) is 52.2 Å². The predicted octanol–water partition coefficient (Wildman–Crippen LogP) is 5.02. The molecule has 5 rings (SSSR count). The minimum Gasteiger partial charge on any atom is -0.312 e. The van der Waals surface area contributed by atoms with E-state index in [9.17, 15) is 4.79 Å². The molecular formula is C24H26N4O. The Balaban J connectivity index is 1.73. The maximum absolute atomic E-state index is 13.3. The molecule has 3 aromatic heterocycles. The zero-order chi connectivity index (χ0) is 20.0. The quantitative estimate of drug-likeness (QED) is 0.496. The number of hydrogen-bond donors (Lipinski definition) is 0. The van der Waals surface area contributed by atoms with Gasteiger partial charge in [-0.05, 0) is 36.8 Å². The molecule has 0 spiro atoms. The molecule has 3 heterocycles. The summed E-state index contributed by atoms with van der Waals surface area (Å²) in [7, 11) is 0. The van der Waals surface area contributed by atoms with Gasteiger partial charge in [0.2, 0.25) is 0 Å². The summed E-state index contributed by atoms with van der Waals surface area (Å²) in [6.45, 7) is 4.36. The number of aromatic nitrogens is 4. The first kappa shape index (κ1) is 18.1. The molecule has 0 unspecified atom stereocenters. The highest BCUT2D eigenvalue weighted by Gasteiger charge is 2.25. The zero-order valence-corrected chi connectivity index (χ0v) is 17.0. The van der Waals surface area contributed by atoms with Gasteiger partial charge in [0.25, 0.3) is 5.56 Å². The van der Waals surface area contributed by atoms with Crippen LogP contribution in [0.15, 0.2) is 53.6 Å². The van der Waals surface area contributed by atoms with Crippen LogP contribution in [0.2, 0.25) is 0 Å². The normalized spacial score (nSPS) is 19.8. The van der Waals surface area contributed by atoms with E-state index in [1.165, 1.54) is 19.3 Å². The molecule has 148 valence electrons. The monoisotopic (exact) mass is 386 g/mol. The Bertz CT molecular complexity index is 1240. The van der Waals surface area contributed by atoms with Crippen molar-refractivity contribution in [3.8, 4) is 11.1 Å². The van der Waals surface area contributed by atoms with Crippen LogP contribution in [0, 0.1) is 5.92 Å². The second-order valence-corrected chi connectivity index (χ2v) is 8.19. The van der Waals surface area contributed by atoms with Crippen LogP contribution in [-0.4, -0.2) is 19.2 Å². The summed E-state index contributed by atoms with van der Waals surface area (Å²) in [4.78, 5) is 18.0. The Morgan fingerprint density at radius 1 is 1.10 bits per heavy atom. The second kappa shape index (κ2) is 7.14. The molecule has 1 aromatic carbocycles. The zero-order valence-electron chi connectivity index (χ0n) is 17.0. The molecular weight excluding hydrogens is 360 g/mol. The Morgan fingerprint density at radius 2 is 1.90 bits per heavy atom. The van der Waals surface area contributed by atoms with Gasteiger partial charge in [-0.1, -0.05) is 57.0 Å². The van der Waals surface area contributed by atoms with Crippen LogP contribution in [0.4, 0.5) is 0 Å².